The van der Waals surface area contributed by atoms with Gasteiger partial charge in [0.15, 0.2) is 0 Å². The fourth-order valence-corrected chi connectivity index (χ4v) is 4.17. The summed E-state index contributed by atoms with van der Waals surface area (Å²) in [5, 5.41) is 0.905. The average Bonchev–Trinajstić information content (AvgIpc) is 3.15. The normalized spacial score (nSPS) is 14.7. The lowest BCUT2D eigenvalue weighted by Crippen LogP contribution is -2.66. The number of carbonyl (C=O) groups excluding carboxylic acids is 3. The van der Waals surface area contributed by atoms with Crippen LogP contribution in [0.4, 0.5) is 0 Å². The molecule has 0 radical (unpaired) electrons. The first-order chi connectivity index (χ1) is 15.0. The Hall–Kier alpha value is -3.61. The monoisotopic (exact) mass is 420 g/mol. The Labute approximate surface area is 179 Å². The van der Waals surface area contributed by atoms with E-state index in [0.29, 0.717) is 5.56 Å². The summed E-state index contributed by atoms with van der Waals surface area (Å²) < 4.78 is 10.7. The van der Waals surface area contributed by atoms with Gasteiger partial charge in [0.2, 0.25) is 5.54 Å². The van der Waals surface area contributed by atoms with Crippen LogP contribution in [0.15, 0.2) is 54.6 Å². The van der Waals surface area contributed by atoms with E-state index in [1.165, 1.54) is 4.90 Å². The molecule has 1 N–H and O–H groups in total. The third-order valence-electron chi connectivity index (χ3n) is 5.60. The number of aromatic nitrogens is 1. The zero-order valence-corrected chi connectivity index (χ0v) is 17.5. The minimum atomic E-state index is -1.91. The number of hydrogen-bond donors (Lipinski definition) is 1. The molecule has 160 valence electrons. The van der Waals surface area contributed by atoms with E-state index in [1.807, 2.05) is 24.3 Å². The van der Waals surface area contributed by atoms with Crippen LogP contribution in [0.25, 0.3) is 10.9 Å². The number of H-pyrrole nitrogens is 1. The van der Waals surface area contributed by atoms with Crippen LogP contribution in [0.1, 0.15) is 35.5 Å². The number of nitrogens with one attached hydrogen (secondary N) is 1. The molecule has 0 atom stereocenters. The minimum absolute atomic E-state index is 0.0252. The molecule has 4 rings (SSSR count). The van der Waals surface area contributed by atoms with Gasteiger partial charge in [-0.15, -0.1) is 0 Å². The summed E-state index contributed by atoms with van der Waals surface area (Å²) in [6, 6.07) is 16.2. The fraction of sp³-hybridized carbons (Fsp3) is 0.292. The van der Waals surface area contributed by atoms with Gasteiger partial charge in [-0.2, -0.15) is 0 Å². The number of ether oxygens (including phenoxy) is 2. The second-order valence-corrected chi connectivity index (χ2v) is 7.36. The van der Waals surface area contributed by atoms with E-state index in [-0.39, 0.29) is 26.2 Å². The Morgan fingerprint density at radius 2 is 1.55 bits per heavy atom. The average molecular weight is 420 g/mol. The lowest BCUT2D eigenvalue weighted by Gasteiger charge is -2.42. The summed E-state index contributed by atoms with van der Waals surface area (Å²) in [4.78, 5) is 44.8. The zero-order valence-electron chi connectivity index (χ0n) is 17.5. The van der Waals surface area contributed by atoms with Crippen molar-refractivity contribution in [2.75, 3.05) is 13.2 Å². The number of carbonyl (C=O) groups is 3. The molecule has 1 amide bonds. The minimum Gasteiger partial charge on any atom is -0.464 e. The molecule has 0 fully saturated rings. The highest BCUT2D eigenvalue weighted by Crippen LogP contribution is 2.38. The van der Waals surface area contributed by atoms with Crippen LogP contribution in [-0.4, -0.2) is 46.5 Å². The Morgan fingerprint density at radius 1 is 0.935 bits per heavy atom. The zero-order chi connectivity index (χ0) is 22.0. The third-order valence-corrected chi connectivity index (χ3v) is 5.60. The molecule has 7 heteroatoms. The summed E-state index contributed by atoms with van der Waals surface area (Å²) >= 11 is 0. The van der Waals surface area contributed by atoms with Gasteiger partial charge in [0.1, 0.15) is 0 Å². The maximum absolute atomic E-state index is 13.6. The number of esters is 2. The van der Waals surface area contributed by atoms with Gasteiger partial charge in [-0.1, -0.05) is 36.4 Å². The number of amides is 1. The molecule has 2 heterocycles. The van der Waals surface area contributed by atoms with Gasteiger partial charge in [-0.3, -0.25) is 4.79 Å². The molecule has 0 spiro atoms. The molecule has 0 saturated carbocycles. The predicted octanol–water partition coefficient (Wildman–Crippen LogP) is 3.23. The van der Waals surface area contributed by atoms with Crippen molar-refractivity contribution in [3.63, 3.8) is 0 Å². The quantitative estimate of drug-likeness (QED) is 0.506. The molecule has 0 saturated heterocycles. The SMILES string of the molecule is CCOC(=O)C1(C(=O)OCC)Cc2c([nH]c3ccccc23)CN1C(=O)c1ccccc1. The van der Waals surface area contributed by atoms with Crippen LogP contribution >= 0.6 is 0 Å². The second kappa shape index (κ2) is 8.26. The number of nitrogens with zero attached hydrogens (tertiary/aromatic N) is 1. The molecule has 0 aliphatic carbocycles. The van der Waals surface area contributed by atoms with Crippen molar-refractivity contribution in [3.8, 4) is 0 Å². The molecule has 2 aromatic carbocycles. The standard InChI is InChI=1S/C24H24N2O5/c1-3-30-22(28)24(23(29)31-4-2)14-18-17-12-8-9-13-19(17)25-20(18)15-26(24)21(27)16-10-6-5-7-11-16/h5-13,25H,3-4,14-15H2,1-2H3. The predicted molar refractivity (Wildman–Crippen MR) is 114 cm³/mol. The van der Waals surface area contributed by atoms with Crippen molar-refractivity contribution in [2.24, 2.45) is 0 Å². The maximum Gasteiger partial charge on any atom is 0.344 e. The largest absolute Gasteiger partial charge is 0.464 e. The Kier molecular flexibility index (Phi) is 5.50. The highest BCUT2D eigenvalue weighted by molar-refractivity contribution is 6.11. The number of aromatic amines is 1. The van der Waals surface area contributed by atoms with Crippen molar-refractivity contribution in [3.05, 3.63) is 71.4 Å². The molecule has 3 aromatic rings. The molecule has 31 heavy (non-hydrogen) atoms. The number of rotatable bonds is 5. The van der Waals surface area contributed by atoms with Gasteiger partial charge in [0, 0.05) is 28.6 Å². The molecule has 1 aromatic heterocycles. The summed E-state index contributed by atoms with van der Waals surface area (Å²) in [6.45, 7) is 3.54. The van der Waals surface area contributed by atoms with Crippen LogP contribution in [0.5, 0.6) is 0 Å². The first-order valence-corrected chi connectivity index (χ1v) is 10.3. The number of fused-ring (bicyclic) bond motifs is 3. The van der Waals surface area contributed by atoms with E-state index < -0.39 is 23.4 Å². The highest BCUT2D eigenvalue weighted by Gasteiger charge is 2.58. The lowest BCUT2D eigenvalue weighted by molar-refractivity contribution is -0.174. The smallest absolute Gasteiger partial charge is 0.344 e. The van der Waals surface area contributed by atoms with Crippen molar-refractivity contribution in [1.29, 1.82) is 0 Å². The van der Waals surface area contributed by atoms with Gasteiger partial charge in [-0.25, -0.2) is 9.59 Å². The van der Waals surface area contributed by atoms with E-state index in [2.05, 4.69) is 4.98 Å². The Morgan fingerprint density at radius 3 is 2.19 bits per heavy atom. The Bertz CT molecular complexity index is 1120. The molecule has 7 nitrogen and oxygen atoms in total. The Balaban J connectivity index is 1.92. The maximum atomic E-state index is 13.6. The van der Waals surface area contributed by atoms with Gasteiger partial charge in [0.05, 0.1) is 19.8 Å². The van der Waals surface area contributed by atoms with Crippen LogP contribution in [0, 0.1) is 0 Å². The van der Waals surface area contributed by atoms with Gasteiger partial charge in [-0.05, 0) is 37.6 Å². The summed E-state index contributed by atoms with van der Waals surface area (Å²) in [5.41, 5.74) is 0.948. The van der Waals surface area contributed by atoms with Crippen LogP contribution in [0.2, 0.25) is 0 Å². The molecule has 1 aliphatic heterocycles. The second-order valence-electron chi connectivity index (χ2n) is 7.36. The summed E-state index contributed by atoms with van der Waals surface area (Å²) in [6.07, 6.45) is -0.0252. The van der Waals surface area contributed by atoms with Gasteiger partial charge < -0.3 is 19.4 Å². The van der Waals surface area contributed by atoms with E-state index >= 15 is 0 Å². The molecular formula is C24H24N2O5. The van der Waals surface area contributed by atoms with Crippen molar-refractivity contribution in [2.45, 2.75) is 32.4 Å². The van der Waals surface area contributed by atoms with Gasteiger partial charge >= 0.3 is 11.9 Å². The van der Waals surface area contributed by atoms with Crippen LogP contribution < -0.4 is 0 Å². The summed E-state index contributed by atoms with van der Waals surface area (Å²) in [7, 11) is 0. The van der Waals surface area contributed by atoms with E-state index in [1.54, 1.807) is 44.2 Å². The van der Waals surface area contributed by atoms with Crippen molar-refractivity contribution < 1.29 is 23.9 Å². The highest BCUT2D eigenvalue weighted by atomic mass is 16.6. The number of hydrogen-bond acceptors (Lipinski definition) is 5. The van der Waals surface area contributed by atoms with E-state index in [0.717, 1.165) is 22.2 Å². The van der Waals surface area contributed by atoms with Crippen LogP contribution in [-0.2, 0) is 32.0 Å². The van der Waals surface area contributed by atoms with Crippen LogP contribution in [0.3, 0.4) is 0 Å². The topological polar surface area (TPSA) is 88.7 Å². The summed E-state index contributed by atoms with van der Waals surface area (Å²) in [5.74, 6) is -2.01. The molecule has 0 unspecified atom stereocenters. The van der Waals surface area contributed by atoms with Gasteiger partial charge in [0.25, 0.3) is 5.91 Å². The first kappa shape index (κ1) is 20.7. The molecule has 1 aliphatic rings. The lowest BCUT2D eigenvalue weighted by atomic mass is 9.83. The third kappa shape index (κ3) is 3.36. The molecular weight excluding hydrogens is 396 g/mol. The van der Waals surface area contributed by atoms with E-state index in [4.69, 9.17) is 9.47 Å². The van der Waals surface area contributed by atoms with E-state index in [9.17, 15) is 14.4 Å². The number of benzene rings is 2. The molecule has 0 bridgehead atoms. The fourth-order valence-electron chi connectivity index (χ4n) is 4.17. The number of para-hydroxylation sites is 1. The van der Waals surface area contributed by atoms with Crippen molar-refractivity contribution >= 4 is 28.7 Å². The first-order valence-electron chi connectivity index (χ1n) is 10.3. The van der Waals surface area contributed by atoms with Crippen molar-refractivity contribution in [1.82, 2.24) is 9.88 Å².